The van der Waals surface area contributed by atoms with Gasteiger partial charge in [-0.1, -0.05) is 36.4 Å². The van der Waals surface area contributed by atoms with Gasteiger partial charge >= 0.3 is 0 Å². The maximum atomic E-state index is 13.6. The predicted molar refractivity (Wildman–Crippen MR) is 93.7 cm³/mol. The number of amides is 1. The van der Waals surface area contributed by atoms with E-state index in [1.807, 2.05) is 18.2 Å². The number of nitrogens with zero attached hydrogens (tertiary/aromatic N) is 2. The number of hydrogen-bond acceptors (Lipinski definition) is 2. The molecular formula is C20H20F2N2O. The Kier molecular flexibility index (Phi) is 5.56. The Labute approximate surface area is 146 Å². The molecule has 0 saturated carbocycles. The molecule has 0 radical (unpaired) electrons. The van der Waals surface area contributed by atoms with E-state index in [1.54, 1.807) is 4.90 Å². The number of hydrogen-bond donors (Lipinski definition) is 0. The molecule has 0 spiro atoms. The van der Waals surface area contributed by atoms with Crippen molar-refractivity contribution in [3.05, 3.63) is 77.4 Å². The van der Waals surface area contributed by atoms with Gasteiger partial charge in [0.05, 0.1) is 0 Å². The largest absolute Gasteiger partial charge is 0.337 e. The molecule has 0 N–H and O–H groups in total. The van der Waals surface area contributed by atoms with Crippen molar-refractivity contribution in [2.24, 2.45) is 0 Å². The molecule has 2 aromatic rings. The van der Waals surface area contributed by atoms with E-state index in [0.717, 1.165) is 19.6 Å². The lowest BCUT2D eigenvalue weighted by atomic mass is 10.1. The quantitative estimate of drug-likeness (QED) is 0.796. The fourth-order valence-electron chi connectivity index (χ4n) is 2.90. The Morgan fingerprint density at radius 2 is 1.56 bits per heavy atom. The molecule has 1 amide bonds. The van der Waals surface area contributed by atoms with Crippen LogP contribution in [0.4, 0.5) is 8.78 Å². The summed E-state index contributed by atoms with van der Waals surface area (Å²) in [5.41, 5.74) is 1.07. The van der Waals surface area contributed by atoms with Crippen molar-refractivity contribution < 1.29 is 13.6 Å². The van der Waals surface area contributed by atoms with Gasteiger partial charge in [-0.2, -0.15) is 0 Å². The number of piperazine rings is 1. The van der Waals surface area contributed by atoms with Gasteiger partial charge in [-0.15, -0.1) is 0 Å². The Morgan fingerprint density at radius 3 is 2.20 bits per heavy atom. The average Bonchev–Trinajstić information content (AvgIpc) is 2.62. The van der Waals surface area contributed by atoms with E-state index in [0.29, 0.717) is 13.1 Å². The van der Waals surface area contributed by atoms with Crippen LogP contribution in [0.3, 0.4) is 0 Å². The van der Waals surface area contributed by atoms with Crippen molar-refractivity contribution in [1.82, 2.24) is 9.80 Å². The zero-order chi connectivity index (χ0) is 17.6. The van der Waals surface area contributed by atoms with E-state index >= 15 is 0 Å². The molecule has 25 heavy (non-hydrogen) atoms. The zero-order valence-electron chi connectivity index (χ0n) is 13.9. The molecule has 1 aliphatic heterocycles. The van der Waals surface area contributed by atoms with Crippen molar-refractivity contribution in [2.45, 2.75) is 6.54 Å². The SMILES string of the molecule is O=C(/C=C/c1c(F)cccc1F)N1CCN(Cc2ccccc2)CC1. The maximum Gasteiger partial charge on any atom is 0.246 e. The van der Waals surface area contributed by atoms with E-state index in [4.69, 9.17) is 0 Å². The molecule has 1 heterocycles. The van der Waals surface area contributed by atoms with Crippen LogP contribution in [0.25, 0.3) is 6.08 Å². The second-order valence-corrected chi connectivity index (χ2v) is 6.06. The van der Waals surface area contributed by atoms with Gasteiger partial charge in [-0.25, -0.2) is 8.78 Å². The van der Waals surface area contributed by atoms with Crippen LogP contribution >= 0.6 is 0 Å². The summed E-state index contributed by atoms with van der Waals surface area (Å²) in [4.78, 5) is 16.2. The van der Waals surface area contributed by atoms with Gasteiger partial charge in [0.15, 0.2) is 0 Å². The molecule has 0 atom stereocenters. The summed E-state index contributed by atoms with van der Waals surface area (Å²) in [6.45, 7) is 3.63. The summed E-state index contributed by atoms with van der Waals surface area (Å²) >= 11 is 0. The van der Waals surface area contributed by atoms with Crippen molar-refractivity contribution in [1.29, 1.82) is 0 Å². The molecule has 0 unspecified atom stereocenters. The highest BCUT2D eigenvalue weighted by molar-refractivity contribution is 5.91. The minimum atomic E-state index is -0.670. The maximum absolute atomic E-state index is 13.6. The van der Waals surface area contributed by atoms with Gasteiger partial charge < -0.3 is 4.90 Å². The van der Waals surface area contributed by atoms with Crippen LogP contribution in [0.15, 0.2) is 54.6 Å². The third-order valence-corrected chi connectivity index (χ3v) is 4.33. The molecule has 3 nitrogen and oxygen atoms in total. The molecule has 130 valence electrons. The standard InChI is InChI=1S/C20H20F2N2O/c21-18-7-4-8-19(22)17(18)9-10-20(25)24-13-11-23(12-14-24)15-16-5-2-1-3-6-16/h1-10H,11-15H2/b10-9+. The van der Waals surface area contributed by atoms with E-state index < -0.39 is 11.6 Å². The van der Waals surface area contributed by atoms with Crippen molar-refractivity contribution in [3.63, 3.8) is 0 Å². The highest BCUT2D eigenvalue weighted by Gasteiger charge is 2.19. The van der Waals surface area contributed by atoms with Gasteiger partial charge in [-0.05, 0) is 23.8 Å². The summed E-state index contributed by atoms with van der Waals surface area (Å²) in [6, 6.07) is 13.8. The molecule has 3 rings (SSSR count). The molecule has 0 aromatic heterocycles. The van der Waals surface area contributed by atoms with Crippen molar-refractivity contribution in [2.75, 3.05) is 26.2 Å². The summed E-state index contributed by atoms with van der Waals surface area (Å²) in [5.74, 6) is -1.56. The Morgan fingerprint density at radius 1 is 0.920 bits per heavy atom. The van der Waals surface area contributed by atoms with Gasteiger partial charge in [0.2, 0.25) is 5.91 Å². The average molecular weight is 342 g/mol. The molecule has 2 aromatic carbocycles. The van der Waals surface area contributed by atoms with Gasteiger partial charge in [0.25, 0.3) is 0 Å². The van der Waals surface area contributed by atoms with Crippen LogP contribution in [0.2, 0.25) is 0 Å². The summed E-state index contributed by atoms with van der Waals surface area (Å²) in [5, 5.41) is 0. The summed E-state index contributed by atoms with van der Waals surface area (Å²) in [6.07, 6.45) is 2.46. The van der Waals surface area contributed by atoms with Crippen molar-refractivity contribution >= 4 is 12.0 Å². The minimum Gasteiger partial charge on any atom is -0.337 e. The zero-order valence-corrected chi connectivity index (χ0v) is 13.9. The summed E-state index contributed by atoms with van der Waals surface area (Å²) in [7, 11) is 0. The van der Waals surface area contributed by atoms with E-state index in [1.165, 1.54) is 35.9 Å². The summed E-state index contributed by atoms with van der Waals surface area (Å²) < 4.78 is 27.2. The van der Waals surface area contributed by atoms with Crippen LogP contribution in [0.5, 0.6) is 0 Å². The van der Waals surface area contributed by atoms with Gasteiger partial charge in [0, 0.05) is 44.4 Å². The normalized spacial score (nSPS) is 15.7. The molecule has 0 bridgehead atoms. The lowest BCUT2D eigenvalue weighted by molar-refractivity contribution is -0.127. The van der Waals surface area contributed by atoms with Crippen LogP contribution in [0.1, 0.15) is 11.1 Å². The first-order valence-corrected chi connectivity index (χ1v) is 8.31. The van der Waals surface area contributed by atoms with Crippen LogP contribution < -0.4 is 0 Å². The highest BCUT2D eigenvalue weighted by atomic mass is 19.1. The second-order valence-electron chi connectivity index (χ2n) is 6.06. The lowest BCUT2D eigenvalue weighted by Crippen LogP contribution is -2.47. The van der Waals surface area contributed by atoms with Gasteiger partial charge in [-0.3, -0.25) is 9.69 Å². The van der Waals surface area contributed by atoms with E-state index in [2.05, 4.69) is 17.0 Å². The predicted octanol–water partition coefficient (Wildman–Crippen LogP) is 3.32. The molecule has 5 heteroatoms. The molecule has 1 aliphatic rings. The number of carbonyl (C=O) groups is 1. The first kappa shape index (κ1) is 17.3. The molecule has 0 aliphatic carbocycles. The highest BCUT2D eigenvalue weighted by Crippen LogP contribution is 2.14. The monoisotopic (exact) mass is 342 g/mol. The molecule has 1 saturated heterocycles. The van der Waals surface area contributed by atoms with Crippen LogP contribution in [0, 0.1) is 11.6 Å². The topological polar surface area (TPSA) is 23.6 Å². The number of benzene rings is 2. The third-order valence-electron chi connectivity index (χ3n) is 4.33. The van der Waals surface area contributed by atoms with Crippen LogP contribution in [-0.4, -0.2) is 41.9 Å². The van der Waals surface area contributed by atoms with E-state index in [9.17, 15) is 13.6 Å². The Bertz CT molecular complexity index is 733. The fourth-order valence-corrected chi connectivity index (χ4v) is 2.90. The molecule has 1 fully saturated rings. The van der Waals surface area contributed by atoms with E-state index in [-0.39, 0.29) is 11.5 Å². The Hall–Kier alpha value is -2.53. The molecular weight excluding hydrogens is 322 g/mol. The minimum absolute atomic E-state index is 0.182. The lowest BCUT2D eigenvalue weighted by Gasteiger charge is -2.34. The van der Waals surface area contributed by atoms with Gasteiger partial charge in [0.1, 0.15) is 11.6 Å². The number of carbonyl (C=O) groups excluding carboxylic acids is 1. The second kappa shape index (κ2) is 8.03. The van der Waals surface area contributed by atoms with Crippen LogP contribution in [-0.2, 0) is 11.3 Å². The first-order chi connectivity index (χ1) is 12.1. The van der Waals surface area contributed by atoms with Crippen molar-refractivity contribution in [3.8, 4) is 0 Å². The fraction of sp³-hybridized carbons (Fsp3) is 0.250. The smallest absolute Gasteiger partial charge is 0.246 e. The first-order valence-electron chi connectivity index (χ1n) is 8.31. The number of rotatable bonds is 4. The third kappa shape index (κ3) is 4.51. The Balaban J connectivity index is 1.54. The number of halogens is 2.